The molecule has 0 atom stereocenters. The number of hydrazine groups is 1. The average molecular weight is 1640 g/mol. The van der Waals surface area contributed by atoms with Gasteiger partial charge in [0, 0.05) is 312 Å². The van der Waals surface area contributed by atoms with Gasteiger partial charge in [0.05, 0.1) is 26.4 Å². The summed E-state index contributed by atoms with van der Waals surface area (Å²) in [4.78, 5) is 206. The van der Waals surface area contributed by atoms with Crippen LogP contribution in [0.1, 0.15) is 110 Å². The number of carbonyl (C=O) groups is 15. The molecule has 44 heteroatoms. The first-order valence-electron chi connectivity index (χ1n) is 40.3. The summed E-state index contributed by atoms with van der Waals surface area (Å²) in [5.74, 6) is -5.02. The maximum absolute atomic E-state index is 14.3. The molecule has 44 nitrogen and oxygen atoms in total. The minimum Gasteiger partial charge on any atom is -0.355 e. The molecule has 0 saturated heterocycles. The number of nitrogens with zero attached hydrogens (tertiary/aromatic N) is 7. The minimum absolute atomic E-state index is 0.0165. The van der Waals surface area contributed by atoms with E-state index in [2.05, 4.69) is 74.5 Å². The maximum atomic E-state index is 14.3. The third kappa shape index (κ3) is 64.5. The lowest BCUT2D eigenvalue weighted by Gasteiger charge is -2.27. The number of hydrogen-bond donors (Lipinski definition) is 22. The number of nitrogens with one attached hydrogen (secondary N) is 14. The summed E-state index contributed by atoms with van der Waals surface area (Å²) in [5, 5.41) is 37.3. The Morgan fingerprint density at radius 3 is 0.722 bits per heavy atom. The van der Waals surface area contributed by atoms with Crippen LogP contribution in [-0.2, 0) is 71.9 Å². The lowest BCUT2D eigenvalue weighted by Crippen LogP contribution is -2.52. The molecule has 0 aliphatic carbocycles. The van der Waals surface area contributed by atoms with Crippen LogP contribution in [0.15, 0.2) is 0 Å². The second kappa shape index (κ2) is 72.1. The Morgan fingerprint density at radius 2 is 0.435 bits per heavy atom. The van der Waals surface area contributed by atoms with E-state index >= 15 is 0 Å². The van der Waals surface area contributed by atoms with E-state index in [-0.39, 0.29) is 359 Å². The molecule has 0 unspecified atom stereocenters. The Labute approximate surface area is 677 Å². The average Bonchev–Trinajstić information content (AvgIpc) is 0.916. The van der Waals surface area contributed by atoms with Crippen molar-refractivity contribution in [2.45, 2.75) is 110 Å². The molecule has 0 bridgehead atoms. The van der Waals surface area contributed by atoms with E-state index in [1.807, 2.05) is 19.6 Å². The van der Waals surface area contributed by atoms with E-state index < -0.39 is 42.6 Å². The van der Waals surface area contributed by atoms with Crippen molar-refractivity contribution in [3.63, 3.8) is 0 Å². The van der Waals surface area contributed by atoms with Crippen LogP contribution in [0.25, 0.3) is 0 Å². The van der Waals surface area contributed by atoms with Crippen LogP contribution in [0.3, 0.4) is 0 Å². The van der Waals surface area contributed by atoms with Crippen LogP contribution in [0, 0.1) is 0 Å². The van der Waals surface area contributed by atoms with Crippen molar-refractivity contribution in [3.8, 4) is 0 Å². The smallest absolute Gasteiger partial charge is 0.248 e. The summed E-state index contributed by atoms with van der Waals surface area (Å²) >= 11 is 0. The van der Waals surface area contributed by atoms with Gasteiger partial charge >= 0.3 is 0 Å². The van der Waals surface area contributed by atoms with Gasteiger partial charge in [-0.25, -0.2) is 5.01 Å². The van der Waals surface area contributed by atoms with Crippen molar-refractivity contribution in [2.24, 2.45) is 45.9 Å². The molecular formula is C71H143N29O15. The molecule has 0 heterocycles. The number of ketones is 1. The highest BCUT2D eigenvalue weighted by Gasteiger charge is 2.23. The van der Waals surface area contributed by atoms with E-state index in [1.165, 1.54) is 9.91 Å². The van der Waals surface area contributed by atoms with E-state index in [4.69, 9.17) is 45.9 Å². The highest BCUT2D eigenvalue weighted by Crippen LogP contribution is 2.06. The number of carbonyl (C=O) groups excluding carboxylic acids is 15. The third-order valence-corrected chi connectivity index (χ3v) is 17.2. The largest absolute Gasteiger partial charge is 0.355 e. The topological polar surface area (TPSA) is 655 Å². The summed E-state index contributed by atoms with van der Waals surface area (Å²) < 4.78 is 0. The Balaban J connectivity index is 6.98. The molecule has 0 aromatic carbocycles. The van der Waals surface area contributed by atoms with E-state index in [0.717, 1.165) is 0 Å². The van der Waals surface area contributed by atoms with Crippen LogP contribution in [-0.4, -0.2) is 378 Å². The number of Topliss-reactive ketones (excluding diaryl/α,β-unsaturated/α-hetero) is 1. The van der Waals surface area contributed by atoms with Gasteiger partial charge in [0.15, 0.2) is 0 Å². The van der Waals surface area contributed by atoms with Gasteiger partial charge in [0.2, 0.25) is 82.7 Å². The summed E-state index contributed by atoms with van der Waals surface area (Å²) in [6.45, 7) is 8.24. The highest BCUT2D eigenvalue weighted by atomic mass is 16.2. The Morgan fingerprint density at radius 1 is 0.209 bits per heavy atom. The molecule has 14 amide bonds. The summed E-state index contributed by atoms with van der Waals surface area (Å²) in [6, 6.07) is 0. The van der Waals surface area contributed by atoms with E-state index in [9.17, 15) is 71.9 Å². The molecule has 662 valence electrons. The van der Waals surface area contributed by atoms with Gasteiger partial charge in [-0.2, -0.15) is 0 Å². The summed E-state index contributed by atoms with van der Waals surface area (Å²) in [7, 11) is 0. The molecule has 0 aromatic rings. The van der Waals surface area contributed by atoms with Crippen molar-refractivity contribution in [2.75, 3.05) is 255 Å². The lowest BCUT2D eigenvalue weighted by molar-refractivity contribution is -0.132. The van der Waals surface area contributed by atoms with Crippen molar-refractivity contribution in [1.82, 2.24) is 109 Å². The van der Waals surface area contributed by atoms with Crippen LogP contribution in [0.4, 0.5) is 0 Å². The first kappa shape index (κ1) is 107. The number of nitrogens with two attached hydrogens (primary N) is 8. The van der Waals surface area contributed by atoms with Gasteiger partial charge in [0.1, 0.15) is 5.78 Å². The zero-order valence-corrected chi connectivity index (χ0v) is 68.3. The fraction of sp³-hybridized carbons (Fsp3) is 0.789. The predicted molar refractivity (Wildman–Crippen MR) is 435 cm³/mol. The van der Waals surface area contributed by atoms with Gasteiger partial charge in [-0.1, -0.05) is 6.92 Å². The molecule has 0 rings (SSSR count). The van der Waals surface area contributed by atoms with Gasteiger partial charge < -0.3 is 135 Å². The SMILES string of the molecule is CCCC(=O)NCN(CC(=O)NCN(CCC(=O)NCCN(CCC(=O)NCCN)CCC(=O)NCCN)CCC(=O)NCCN(CCC(=O)NCCN)CCC(=O)NCCN)CC(=O)NN(CCC(=O)CCCN(CCC(=O)NCCN)CCC(=O)NCCN)CCC(=O)NCCN(CCC(=O)NCCN)CCC(=O)NCCN. The van der Waals surface area contributed by atoms with Crippen molar-refractivity contribution in [1.29, 1.82) is 0 Å². The second-order valence-electron chi connectivity index (χ2n) is 27.1. The Kier molecular flexibility index (Phi) is 66.9. The van der Waals surface area contributed by atoms with Gasteiger partial charge in [0.25, 0.3) is 0 Å². The third-order valence-electron chi connectivity index (χ3n) is 17.2. The summed E-state index contributed by atoms with van der Waals surface area (Å²) in [5.41, 5.74) is 47.2. The molecule has 0 spiro atoms. The summed E-state index contributed by atoms with van der Waals surface area (Å²) in [6.07, 6.45) is 1.39. The normalized spacial score (nSPS) is 11.2. The van der Waals surface area contributed by atoms with Crippen LogP contribution in [0.5, 0.6) is 0 Å². The Bertz CT molecular complexity index is 2540. The number of rotatable bonds is 76. The molecule has 0 radical (unpaired) electrons. The van der Waals surface area contributed by atoms with Crippen LogP contribution >= 0.6 is 0 Å². The fourth-order valence-electron chi connectivity index (χ4n) is 10.8. The lowest BCUT2D eigenvalue weighted by atomic mass is 10.1. The van der Waals surface area contributed by atoms with E-state index in [0.29, 0.717) is 45.6 Å². The Hall–Kier alpha value is -8.35. The van der Waals surface area contributed by atoms with E-state index in [1.54, 1.807) is 11.8 Å². The number of amides is 14. The van der Waals surface area contributed by atoms with Crippen LogP contribution < -0.4 is 120 Å². The molecule has 0 aromatic heterocycles. The molecule has 30 N–H and O–H groups in total. The zero-order valence-electron chi connectivity index (χ0n) is 68.3. The molecular weight excluding hydrogens is 1500 g/mol. The monoisotopic (exact) mass is 1640 g/mol. The van der Waals surface area contributed by atoms with Gasteiger partial charge in [-0.15, -0.1) is 0 Å². The highest BCUT2D eigenvalue weighted by molar-refractivity contribution is 5.83. The predicted octanol–water partition coefficient (Wildman–Crippen LogP) is -11.9. The molecule has 0 aliphatic rings. The first-order chi connectivity index (χ1) is 55.3. The number of hydrogen-bond acceptors (Lipinski definition) is 30. The minimum atomic E-state index is -0.694. The zero-order chi connectivity index (χ0) is 85.5. The van der Waals surface area contributed by atoms with Crippen molar-refractivity contribution >= 4 is 88.5 Å². The maximum Gasteiger partial charge on any atom is 0.248 e. The van der Waals surface area contributed by atoms with Gasteiger partial charge in [-0.3, -0.25) is 87.1 Å². The van der Waals surface area contributed by atoms with Crippen molar-refractivity contribution < 1.29 is 71.9 Å². The fourth-order valence-corrected chi connectivity index (χ4v) is 10.8. The van der Waals surface area contributed by atoms with Gasteiger partial charge in [-0.05, 0) is 19.4 Å². The second-order valence-corrected chi connectivity index (χ2v) is 27.1. The molecule has 0 saturated carbocycles. The van der Waals surface area contributed by atoms with Crippen molar-refractivity contribution in [3.05, 3.63) is 0 Å². The molecule has 115 heavy (non-hydrogen) atoms. The van der Waals surface area contributed by atoms with Crippen LogP contribution in [0.2, 0.25) is 0 Å². The standard InChI is InChI=1S/C71H143N29O15/c1-2-4-58(102)91-56-99(54-71(115)93-100(48-6-57(101)5-3-37-94(38-7-59(103)80-26-18-72)39-8-60(104)81-27-19-73)49-17-69(113)90-36-52-97(44-13-65(109)86-32-24-78)45-14-66(110)87-33-25-79)53-70(114)92-55-98(46-15-67(111)88-34-50-95(40-9-61(105)82-28-20-74)41-10-62(106)83-29-21-75)47-16-68(112)89-35-51-96(42-11-63(107)84-30-22-76)43-12-64(108)85-31-23-77/h2-56,72-79H2,1H3,(H,80,103)(H,81,104)(H,82,105)(H,83,106)(H,84,107)(H,85,108)(H,86,109)(H,87,110)(H,88,111)(H,89,112)(H,90,113)(H,91,102)(H,92,114)(H,93,115). The molecule has 0 fully saturated rings. The quantitative estimate of drug-likeness (QED) is 0.0199. The first-order valence-corrected chi connectivity index (χ1v) is 40.3. The molecule has 0 aliphatic heterocycles.